The predicted octanol–water partition coefficient (Wildman–Crippen LogP) is 1.77. The Bertz CT molecular complexity index is 293. The second kappa shape index (κ2) is 2.86. The van der Waals surface area contributed by atoms with E-state index in [1.54, 1.807) is 6.07 Å². The topological polar surface area (TPSA) is 50.4 Å². The normalized spacial score (nSPS) is 15.7. The first-order valence-corrected chi connectivity index (χ1v) is 4.85. The number of rotatable bonds is 1. The Labute approximate surface area is 73.8 Å². The summed E-state index contributed by atoms with van der Waals surface area (Å²) in [5.41, 5.74) is 1.05. The van der Waals surface area contributed by atoms with Crippen LogP contribution >= 0.6 is 11.8 Å². The van der Waals surface area contributed by atoms with Crippen LogP contribution in [0.5, 0.6) is 0 Å². The molecule has 0 amide bonds. The van der Waals surface area contributed by atoms with Gasteiger partial charge in [0.1, 0.15) is 5.76 Å². The molecule has 1 N–H and O–H groups in total. The fourth-order valence-corrected chi connectivity index (χ4v) is 2.19. The molecule has 0 unspecified atom stereocenters. The van der Waals surface area contributed by atoms with Crippen molar-refractivity contribution >= 4 is 17.7 Å². The minimum Gasteiger partial charge on any atom is -0.475 e. The SMILES string of the molecule is O=C(O)c1cc2c(o1)CCSC2. The molecule has 0 fully saturated rings. The van der Waals surface area contributed by atoms with Gasteiger partial charge in [-0.05, 0) is 6.07 Å². The van der Waals surface area contributed by atoms with Crippen LogP contribution in [-0.4, -0.2) is 16.8 Å². The number of carboxylic acids is 1. The van der Waals surface area contributed by atoms with Crippen LogP contribution in [0.4, 0.5) is 0 Å². The van der Waals surface area contributed by atoms with E-state index in [1.807, 2.05) is 11.8 Å². The Morgan fingerprint density at radius 1 is 1.67 bits per heavy atom. The molecule has 0 radical (unpaired) electrons. The van der Waals surface area contributed by atoms with Gasteiger partial charge in [0.15, 0.2) is 0 Å². The molecule has 1 aromatic heterocycles. The van der Waals surface area contributed by atoms with Crippen LogP contribution in [0.1, 0.15) is 21.9 Å². The molecule has 1 aliphatic rings. The average molecular weight is 184 g/mol. The van der Waals surface area contributed by atoms with Gasteiger partial charge in [-0.1, -0.05) is 0 Å². The first kappa shape index (κ1) is 7.73. The van der Waals surface area contributed by atoms with E-state index in [0.29, 0.717) is 0 Å². The van der Waals surface area contributed by atoms with Crippen LogP contribution in [-0.2, 0) is 12.2 Å². The molecule has 64 valence electrons. The molecule has 3 nitrogen and oxygen atoms in total. The molecule has 0 aliphatic carbocycles. The van der Waals surface area contributed by atoms with Crippen molar-refractivity contribution in [2.24, 2.45) is 0 Å². The van der Waals surface area contributed by atoms with E-state index in [9.17, 15) is 4.79 Å². The van der Waals surface area contributed by atoms with Gasteiger partial charge in [-0.2, -0.15) is 11.8 Å². The number of carbonyl (C=O) groups is 1. The second-order valence-corrected chi connectivity index (χ2v) is 3.77. The zero-order chi connectivity index (χ0) is 8.55. The van der Waals surface area contributed by atoms with E-state index in [-0.39, 0.29) is 5.76 Å². The van der Waals surface area contributed by atoms with E-state index in [4.69, 9.17) is 9.52 Å². The van der Waals surface area contributed by atoms with Gasteiger partial charge < -0.3 is 9.52 Å². The van der Waals surface area contributed by atoms with Gasteiger partial charge >= 0.3 is 5.97 Å². The molecule has 4 heteroatoms. The third-order valence-electron chi connectivity index (χ3n) is 1.84. The molecular formula is C8H8O3S. The van der Waals surface area contributed by atoms with Crippen molar-refractivity contribution < 1.29 is 14.3 Å². The molecular weight excluding hydrogens is 176 g/mol. The molecule has 2 heterocycles. The van der Waals surface area contributed by atoms with Crippen LogP contribution < -0.4 is 0 Å². The second-order valence-electron chi connectivity index (χ2n) is 2.67. The van der Waals surface area contributed by atoms with E-state index in [1.165, 1.54) is 0 Å². The Morgan fingerprint density at radius 3 is 3.17 bits per heavy atom. The minimum atomic E-state index is -0.977. The summed E-state index contributed by atoms with van der Waals surface area (Å²) in [6.45, 7) is 0. The molecule has 0 aromatic carbocycles. The van der Waals surface area contributed by atoms with Crippen molar-refractivity contribution in [2.45, 2.75) is 12.2 Å². The van der Waals surface area contributed by atoms with Crippen molar-refractivity contribution in [3.63, 3.8) is 0 Å². The predicted molar refractivity (Wildman–Crippen MR) is 45.5 cm³/mol. The number of hydrogen-bond acceptors (Lipinski definition) is 3. The zero-order valence-electron chi connectivity index (χ0n) is 6.37. The molecule has 0 saturated carbocycles. The largest absolute Gasteiger partial charge is 0.475 e. The lowest BCUT2D eigenvalue weighted by Gasteiger charge is -2.07. The number of aromatic carboxylic acids is 1. The summed E-state index contributed by atoms with van der Waals surface area (Å²) in [5.74, 6) is 1.86. The lowest BCUT2D eigenvalue weighted by atomic mass is 10.2. The number of hydrogen-bond donors (Lipinski definition) is 1. The van der Waals surface area contributed by atoms with Crippen molar-refractivity contribution in [1.82, 2.24) is 0 Å². The maximum atomic E-state index is 10.5. The summed E-state index contributed by atoms with van der Waals surface area (Å²) in [7, 11) is 0. The molecule has 0 bridgehead atoms. The number of fused-ring (bicyclic) bond motifs is 1. The van der Waals surface area contributed by atoms with Gasteiger partial charge in [0.2, 0.25) is 5.76 Å². The lowest BCUT2D eigenvalue weighted by molar-refractivity contribution is 0.0660. The highest BCUT2D eigenvalue weighted by molar-refractivity contribution is 7.98. The minimum absolute atomic E-state index is 0.0718. The third-order valence-corrected chi connectivity index (χ3v) is 2.85. The van der Waals surface area contributed by atoms with Crippen LogP contribution in [0.25, 0.3) is 0 Å². The summed E-state index contributed by atoms with van der Waals surface area (Å²) in [5, 5.41) is 8.63. The first-order valence-electron chi connectivity index (χ1n) is 3.70. The first-order chi connectivity index (χ1) is 5.77. The zero-order valence-corrected chi connectivity index (χ0v) is 7.19. The number of carboxylic acid groups (broad SMARTS) is 1. The van der Waals surface area contributed by atoms with E-state index in [2.05, 4.69) is 0 Å². The van der Waals surface area contributed by atoms with Gasteiger partial charge in [-0.3, -0.25) is 0 Å². The van der Waals surface area contributed by atoms with Gasteiger partial charge in [0.05, 0.1) is 0 Å². The fourth-order valence-electron chi connectivity index (χ4n) is 1.25. The Kier molecular flexibility index (Phi) is 1.84. The summed E-state index contributed by atoms with van der Waals surface area (Å²) in [6, 6.07) is 1.63. The molecule has 0 saturated heterocycles. The van der Waals surface area contributed by atoms with Gasteiger partial charge in [-0.25, -0.2) is 4.79 Å². The highest BCUT2D eigenvalue weighted by Crippen LogP contribution is 2.27. The third kappa shape index (κ3) is 1.22. The number of furan rings is 1. The molecule has 0 spiro atoms. The van der Waals surface area contributed by atoms with Crippen molar-refractivity contribution in [2.75, 3.05) is 5.75 Å². The summed E-state index contributed by atoms with van der Waals surface area (Å²) >= 11 is 1.81. The maximum absolute atomic E-state index is 10.5. The highest BCUT2D eigenvalue weighted by atomic mass is 32.2. The summed E-state index contributed by atoms with van der Waals surface area (Å²) in [6.07, 6.45) is 0.854. The van der Waals surface area contributed by atoms with Crippen LogP contribution in [0.2, 0.25) is 0 Å². The van der Waals surface area contributed by atoms with Crippen LogP contribution in [0.3, 0.4) is 0 Å². The van der Waals surface area contributed by atoms with E-state index < -0.39 is 5.97 Å². The summed E-state index contributed by atoms with van der Waals surface area (Å²) < 4.78 is 5.15. The maximum Gasteiger partial charge on any atom is 0.371 e. The summed E-state index contributed by atoms with van der Waals surface area (Å²) in [4.78, 5) is 10.5. The highest BCUT2D eigenvalue weighted by Gasteiger charge is 2.18. The standard InChI is InChI=1S/C8H8O3S/c9-8(10)7-3-5-4-12-2-1-6(5)11-7/h3H,1-2,4H2,(H,9,10). The van der Waals surface area contributed by atoms with E-state index >= 15 is 0 Å². The molecule has 2 rings (SSSR count). The molecule has 12 heavy (non-hydrogen) atoms. The van der Waals surface area contributed by atoms with Crippen LogP contribution in [0, 0.1) is 0 Å². The van der Waals surface area contributed by atoms with Gasteiger partial charge in [-0.15, -0.1) is 0 Å². The van der Waals surface area contributed by atoms with Gasteiger partial charge in [0.25, 0.3) is 0 Å². The molecule has 1 aliphatic heterocycles. The fraction of sp³-hybridized carbons (Fsp3) is 0.375. The average Bonchev–Trinajstić information content (AvgIpc) is 2.46. The van der Waals surface area contributed by atoms with Crippen molar-refractivity contribution in [1.29, 1.82) is 0 Å². The molecule has 1 aromatic rings. The number of thioether (sulfide) groups is 1. The Balaban J connectivity index is 2.38. The smallest absolute Gasteiger partial charge is 0.371 e. The van der Waals surface area contributed by atoms with Crippen molar-refractivity contribution in [3.05, 3.63) is 23.2 Å². The number of aryl methyl sites for hydroxylation is 1. The quantitative estimate of drug-likeness (QED) is 0.722. The van der Waals surface area contributed by atoms with E-state index in [0.717, 1.165) is 29.3 Å². The van der Waals surface area contributed by atoms with Gasteiger partial charge in [0, 0.05) is 23.5 Å². The lowest BCUT2D eigenvalue weighted by Crippen LogP contribution is -1.97. The van der Waals surface area contributed by atoms with Crippen LogP contribution in [0.15, 0.2) is 10.5 Å². The Hall–Kier alpha value is -0.900. The Morgan fingerprint density at radius 2 is 2.50 bits per heavy atom. The molecule has 0 atom stereocenters. The monoisotopic (exact) mass is 184 g/mol. The van der Waals surface area contributed by atoms with Crippen molar-refractivity contribution in [3.8, 4) is 0 Å².